The van der Waals surface area contributed by atoms with Crippen molar-refractivity contribution in [3.05, 3.63) is 76.5 Å². The van der Waals surface area contributed by atoms with E-state index in [0.29, 0.717) is 39.6 Å². The molecule has 0 saturated carbocycles. The van der Waals surface area contributed by atoms with Crippen molar-refractivity contribution in [1.82, 2.24) is 0 Å². The average molecular weight is 436 g/mol. The Kier molecular flexibility index (Phi) is 5.97. The van der Waals surface area contributed by atoms with Gasteiger partial charge in [0.15, 0.2) is 5.75 Å². The van der Waals surface area contributed by atoms with E-state index in [1.165, 1.54) is 18.0 Å². The van der Waals surface area contributed by atoms with Crippen LogP contribution in [0.25, 0.3) is 11.1 Å². The van der Waals surface area contributed by atoms with Gasteiger partial charge in [0.2, 0.25) is 0 Å². The van der Waals surface area contributed by atoms with Crippen molar-refractivity contribution in [1.29, 1.82) is 0 Å². The predicted octanol–water partition coefficient (Wildman–Crippen LogP) is 6.70. The minimum absolute atomic E-state index is 0.0452. The molecule has 4 rings (SSSR count). The van der Waals surface area contributed by atoms with E-state index in [4.69, 9.17) is 32.7 Å². The van der Waals surface area contributed by atoms with Crippen LogP contribution in [0.15, 0.2) is 65.6 Å². The van der Waals surface area contributed by atoms with E-state index in [-0.39, 0.29) is 11.9 Å². The van der Waals surface area contributed by atoms with Crippen molar-refractivity contribution in [2.24, 2.45) is 0 Å². The van der Waals surface area contributed by atoms with Crippen molar-refractivity contribution in [2.45, 2.75) is 11.0 Å². The van der Waals surface area contributed by atoms with E-state index in [9.17, 15) is 4.39 Å². The zero-order valence-electron chi connectivity index (χ0n) is 14.6. The predicted molar refractivity (Wildman–Crippen MR) is 113 cm³/mol. The molecule has 1 heterocycles. The lowest BCUT2D eigenvalue weighted by atomic mass is 10.1. The number of hydrogen-bond acceptors (Lipinski definition) is 4. The molecule has 0 amide bonds. The van der Waals surface area contributed by atoms with Gasteiger partial charge in [0.25, 0.3) is 0 Å². The maximum absolute atomic E-state index is 14.3. The molecule has 0 aliphatic carbocycles. The van der Waals surface area contributed by atoms with Gasteiger partial charge in [-0.25, -0.2) is 4.39 Å². The molecule has 3 nitrogen and oxygen atoms in total. The topological polar surface area (TPSA) is 30.5 Å². The van der Waals surface area contributed by atoms with Gasteiger partial charge in [-0.05, 0) is 47.3 Å². The summed E-state index contributed by atoms with van der Waals surface area (Å²) in [4.78, 5) is 0.675. The third-order valence-electron chi connectivity index (χ3n) is 4.21. The number of benzene rings is 3. The molecule has 0 spiro atoms. The van der Waals surface area contributed by atoms with Crippen LogP contribution in [0, 0.1) is 5.82 Å². The molecule has 1 saturated heterocycles. The van der Waals surface area contributed by atoms with Crippen LogP contribution in [0.5, 0.6) is 5.75 Å². The number of hydrogen-bond donors (Lipinski definition) is 1. The highest BCUT2D eigenvalue weighted by molar-refractivity contribution is 8.00. The van der Waals surface area contributed by atoms with Crippen molar-refractivity contribution in [3.63, 3.8) is 0 Å². The Hall–Kier alpha value is -1.92. The molecule has 144 valence electrons. The van der Waals surface area contributed by atoms with E-state index in [2.05, 4.69) is 4.72 Å². The minimum atomic E-state index is -0.352. The second-order valence-electron chi connectivity index (χ2n) is 6.26. The maximum atomic E-state index is 14.3. The first-order chi connectivity index (χ1) is 13.6. The highest BCUT2D eigenvalue weighted by Gasteiger charge is 2.23. The fourth-order valence-electron chi connectivity index (χ4n) is 2.70. The third kappa shape index (κ3) is 4.39. The number of anilines is 1. The lowest BCUT2D eigenvalue weighted by molar-refractivity contribution is -0.0806. The van der Waals surface area contributed by atoms with Gasteiger partial charge in [-0.1, -0.05) is 59.6 Å². The Bertz CT molecular complexity index is 984. The van der Waals surface area contributed by atoms with E-state index < -0.39 is 0 Å². The summed E-state index contributed by atoms with van der Waals surface area (Å²) in [6, 6.07) is 18.1. The highest BCUT2D eigenvalue weighted by Crippen LogP contribution is 2.40. The maximum Gasteiger partial charge on any atom is 0.154 e. The molecule has 1 aliphatic rings. The molecule has 3 aromatic rings. The first kappa shape index (κ1) is 19.4. The van der Waals surface area contributed by atoms with Crippen molar-refractivity contribution < 1.29 is 13.9 Å². The van der Waals surface area contributed by atoms with Gasteiger partial charge < -0.3 is 14.2 Å². The molecular formula is C21H16Cl2FNO2S. The summed E-state index contributed by atoms with van der Waals surface area (Å²) in [5.74, 6) is 0.159. The summed E-state index contributed by atoms with van der Waals surface area (Å²) >= 11 is 13.7. The van der Waals surface area contributed by atoms with Crippen LogP contribution in [0.4, 0.5) is 10.1 Å². The fourth-order valence-corrected chi connectivity index (χ4v) is 4.17. The summed E-state index contributed by atoms with van der Waals surface area (Å²) in [6.45, 7) is 1.04. The van der Waals surface area contributed by atoms with Gasteiger partial charge in [-0.3, -0.25) is 0 Å². The van der Waals surface area contributed by atoms with Crippen LogP contribution in [0.3, 0.4) is 0 Å². The molecule has 0 unspecified atom stereocenters. The molecular weight excluding hydrogens is 420 g/mol. The Labute approximate surface area is 176 Å². The van der Waals surface area contributed by atoms with Crippen molar-refractivity contribution in [3.8, 4) is 16.9 Å². The van der Waals surface area contributed by atoms with E-state index in [0.717, 1.165) is 11.1 Å². The van der Waals surface area contributed by atoms with Crippen LogP contribution in [0.2, 0.25) is 10.0 Å². The lowest BCUT2D eigenvalue weighted by Gasteiger charge is -2.28. The van der Waals surface area contributed by atoms with Crippen molar-refractivity contribution in [2.75, 3.05) is 17.9 Å². The zero-order chi connectivity index (χ0) is 19.5. The van der Waals surface area contributed by atoms with Crippen LogP contribution in [-0.4, -0.2) is 19.3 Å². The van der Waals surface area contributed by atoms with E-state index in [1.807, 2.05) is 30.3 Å². The van der Waals surface area contributed by atoms with E-state index in [1.54, 1.807) is 24.3 Å². The normalized spacial score (nSPS) is 13.8. The largest absolute Gasteiger partial charge is 0.483 e. The Balaban J connectivity index is 1.57. The Morgan fingerprint density at radius 3 is 2.50 bits per heavy atom. The number of halogens is 3. The Morgan fingerprint density at radius 1 is 1.00 bits per heavy atom. The molecule has 28 heavy (non-hydrogen) atoms. The minimum Gasteiger partial charge on any atom is -0.483 e. The second kappa shape index (κ2) is 8.62. The van der Waals surface area contributed by atoms with Gasteiger partial charge in [-0.2, -0.15) is 0 Å². The Morgan fingerprint density at radius 2 is 1.79 bits per heavy atom. The standard InChI is InChI=1S/C21H16Cl2FNO2S/c22-15-9-17(23)21(27-16-11-26-12-16)20(10-15)28-25-19-8-14(6-7-18(19)24)13-4-2-1-3-5-13/h1-10,16,25H,11-12H2. The summed E-state index contributed by atoms with van der Waals surface area (Å²) in [5.41, 5.74) is 2.29. The smallest absolute Gasteiger partial charge is 0.154 e. The summed E-state index contributed by atoms with van der Waals surface area (Å²) in [5, 5.41) is 0.882. The zero-order valence-corrected chi connectivity index (χ0v) is 17.0. The summed E-state index contributed by atoms with van der Waals surface area (Å²) < 4.78 is 28.5. The quantitative estimate of drug-likeness (QED) is 0.436. The first-order valence-corrected chi connectivity index (χ1v) is 10.2. The SMILES string of the molecule is Fc1ccc(-c2ccccc2)cc1NSc1cc(Cl)cc(Cl)c1OC1COC1. The average Bonchev–Trinajstić information content (AvgIpc) is 2.65. The molecule has 0 aromatic heterocycles. The van der Waals surface area contributed by atoms with Crippen LogP contribution in [-0.2, 0) is 4.74 Å². The van der Waals surface area contributed by atoms with Crippen LogP contribution >= 0.6 is 35.1 Å². The molecule has 0 atom stereocenters. The molecule has 0 radical (unpaired) electrons. The van der Waals surface area contributed by atoms with Gasteiger partial charge in [0.05, 0.1) is 28.8 Å². The molecule has 1 aliphatic heterocycles. The molecule has 1 N–H and O–H groups in total. The van der Waals surface area contributed by atoms with Gasteiger partial charge >= 0.3 is 0 Å². The van der Waals surface area contributed by atoms with Gasteiger partial charge in [-0.15, -0.1) is 0 Å². The second-order valence-corrected chi connectivity index (χ2v) is 7.95. The first-order valence-electron chi connectivity index (χ1n) is 8.61. The van der Waals surface area contributed by atoms with Crippen molar-refractivity contribution >= 4 is 40.8 Å². The van der Waals surface area contributed by atoms with E-state index >= 15 is 0 Å². The molecule has 0 bridgehead atoms. The van der Waals surface area contributed by atoms with Gasteiger partial charge in [0.1, 0.15) is 11.9 Å². The number of rotatable bonds is 6. The number of ether oxygens (including phenoxy) is 2. The number of nitrogens with one attached hydrogen (secondary N) is 1. The van der Waals surface area contributed by atoms with Crippen LogP contribution in [0.1, 0.15) is 0 Å². The molecule has 1 fully saturated rings. The summed E-state index contributed by atoms with van der Waals surface area (Å²) in [6.07, 6.45) is -0.0452. The molecule has 3 aromatic carbocycles. The lowest BCUT2D eigenvalue weighted by Crippen LogP contribution is -2.38. The fraction of sp³-hybridized carbons (Fsp3) is 0.143. The van der Waals surface area contributed by atoms with Gasteiger partial charge in [0, 0.05) is 5.02 Å². The van der Waals surface area contributed by atoms with Crippen LogP contribution < -0.4 is 9.46 Å². The monoisotopic (exact) mass is 435 g/mol. The summed E-state index contributed by atoms with van der Waals surface area (Å²) in [7, 11) is 0. The molecule has 7 heteroatoms. The third-order valence-corrected chi connectivity index (χ3v) is 5.55. The highest BCUT2D eigenvalue weighted by atomic mass is 35.5.